The van der Waals surface area contributed by atoms with Crippen molar-refractivity contribution in [3.05, 3.63) is 64.4 Å². The van der Waals surface area contributed by atoms with Gasteiger partial charge in [0.05, 0.1) is 0 Å². The first-order chi connectivity index (χ1) is 10.2. The monoisotopic (exact) mass is 305 g/mol. The first-order valence-electron chi connectivity index (χ1n) is 7.45. The normalized spacial score (nSPS) is 10.6. The summed E-state index contributed by atoms with van der Waals surface area (Å²) < 4.78 is 13.2. The number of hydrogen-bond acceptors (Lipinski definition) is 1. The van der Waals surface area contributed by atoms with Gasteiger partial charge in [0.25, 0.3) is 0 Å². The molecule has 0 amide bonds. The van der Waals surface area contributed by atoms with Crippen molar-refractivity contribution in [1.29, 1.82) is 0 Å². The molecule has 0 unspecified atom stereocenters. The van der Waals surface area contributed by atoms with Crippen LogP contribution < -0.4 is 5.32 Å². The second kappa shape index (κ2) is 8.04. The third kappa shape index (κ3) is 5.39. The number of benzene rings is 2. The SMILES string of the molecule is CCCCCc1ccc(NCc2cc(F)cc(Cl)c2)cc1. The molecule has 0 atom stereocenters. The lowest BCUT2D eigenvalue weighted by molar-refractivity contribution is 0.626. The van der Waals surface area contributed by atoms with E-state index in [0.29, 0.717) is 11.6 Å². The number of anilines is 1. The summed E-state index contributed by atoms with van der Waals surface area (Å²) in [5.41, 5.74) is 3.24. The first kappa shape index (κ1) is 15.8. The van der Waals surface area contributed by atoms with Gasteiger partial charge in [-0.2, -0.15) is 0 Å². The standard InChI is InChI=1S/C18H21ClFN/c1-2-3-4-5-14-6-8-18(9-7-14)21-13-15-10-16(19)12-17(20)11-15/h6-12,21H,2-5,13H2,1H3. The molecule has 0 heterocycles. The zero-order valence-electron chi connectivity index (χ0n) is 12.3. The van der Waals surface area contributed by atoms with Gasteiger partial charge in [-0.3, -0.25) is 0 Å². The van der Waals surface area contributed by atoms with Crippen molar-refractivity contribution in [2.75, 3.05) is 5.32 Å². The molecule has 0 saturated carbocycles. The number of rotatable bonds is 7. The van der Waals surface area contributed by atoms with E-state index in [1.165, 1.54) is 37.0 Å². The highest BCUT2D eigenvalue weighted by atomic mass is 35.5. The second-order valence-electron chi connectivity index (χ2n) is 5.29. The van der Waals surface area contributed by atoms with Crippen molar-refractivity contribution in [3.63, 3.8) is 0 Å². The van der Waals surface area contributed by atoms with Crippen LogP contribution in [0, 0.1) is 5.82 Å². The highest BCUT2D eigenvalue weighted by molar-refractivity contribution is 6.30. The van der Waals surface area contributed by atoms with Gasteiger partial charge in [0.2, 0.25) is 0 Å². The summed E-state index contributed by atoms with van der Waals surface area (Å²) in [5.74, 6) is -0.300. The summed E-state index contributed by atoms with van der Waals surface area (Å²) in [6, 6.07) is 13.0. The van der Waals surface area contributed by atoms with Gasteiger partial charge in [-0.15, -0.1) is 0 Å². The van der Waals surface area contributed by atoms with Gasteiger partial charge in [0, 0.05) is 17.3 Å². The summed E-state index contributed by atoms with van der Waals surface area (Å²) in [7, 11) is 0. The average molecular weight is 306 g/mol. The van der Waals surface area contributed by atoms with Crippen molar-refractivity contribution < 1.29 is 4.39 Å². The smallest absolute Gasteiger partial charge is 0.125 e. The molecule has 0 bridgehead atoms. The Morgan fingerprint density at radius 3 is 2.43 bits per heavy atom. The zero-order chi connectivity index (χ0) is 15.1. The van der Waals surface area contributed by atoms with E-state index in [4.69, 9.17) is 11.6 Å². The summed E-state index contributed by atoms with van der Waals surface area (Å²) >= 11 is 5.85. The van der Waals surface area contributed by atoms with Gasteiger partial charge in [-0.25, -0.2) is 4.39 Å². The molecule has 2 aromatic carbocycles. The predicted molar refractivity (Wildman–Crippen MR) is 88.4 cm³/mol. The van der Waals surface area contributed by atoms with Crippen molar-refractivity contribution in [2.24, 2.45) is 0 Å². The molecule has 0 aromatic heterocycles. The van der Waals surface area contributed by atoms with Crippen LogP contribution in [0.3, 0.4) is 0 Å². The molecule has 2 rings (SSSR count). The van der Waals surface area contributed by atoms with Crippen molar-refractivity contribution in [2.45, 2.75) is 39.2 Å². The molecule has 112 valence electrons. The fourth-order valence-electron chi connectivity index (χ4n) is 2.29. The van der Waals surface area contributed by atoms with Crippen molar-refractivity contribution >= 4 is 17.3 Å². The summed E-state index contributed by atoms with van der Waals surface area (Å²) in [6.07, 6.45) is 4.90. The maximum Gasteiger partial charge on any atom is 0.125 e. The molecule has 2 aromatic rings. The van der Waals surface area contributed by atoms with E-state index >= 15 is 0 Å². The van der Waals surface area contributed by atoms with Crippen LogP contribution in [-0.4, -0.2) is 0 Å². The Morgan fingerprint density at radius 2 is 1.76 bits per heavy atom. The molecular weight excluding hydrogens is 285 g/mol. The Hall–Kier alpha value is -1.54. The Labute approximate surface area is 131 Å². The molecule has 21 heavy (non-hydrogen) atoms. The van der Waals surface area contributed by atoms with E-state index in [-0.39, 0.29) is 5.82 Å². The van der Waals surface area contributed by atoms with Crippen LogP contribution >= 0.6 is 11.6 Å². The van der Waals surface area contributed by atoms with Gasteiger partial charge in [-0.1, -0.05) is 43.5 Å². The maximum absolute atomic E-state index is 13.2. The highest BCUT2D eigenvalue weighted by Gasteiger charge is 2.00. The molecule has 0 saturated heterocycles. The lowest BCUT2D eigenvalue weighted by Crippen LogP contribution is -2.00. The van der Waals surface area contributed by atoms with Gasteiger partial charge >= 0.3 is 0 Å². The van der Waals surface area contributed by atoms with Crippen LogP contribution in [0.2, 0.25) is 5.02 Å². The molecule has 0 aliphatic rings. The summed E-state index contributed by atoms with van der Waals surface area (Å²) in [5, 5.41) is 3.71. The number of nitrogens with one attached hydrogen (secondary N) is 1. The van der Waals surface area contributed by atoms with Crippen LogP contribution in [-0.2, 0) is 13.0 Å². The Morgan fingerprint density at radius 1 is 1.00 bits per heavy atom. The maximum atomic E-state index is 13.2. The molecule has 3 heteroatoms. The molecule has 0 spiro atoms. The Bertz CT molecular complexity index is 546. The molecule has 1 N–H and O–H groups in total. The van der Waals surface area contributed by atoms with Gasteiger partial charge in [0.1, 0.15) is 5.82 Å². The number of unbranched alkanes of at least 4 members (excludes halogenated alkanes) is 2. The Balaban J connectivity index is 1.88. The molecule has 1 nitrogen and oxygen atoms in total. The van der Waals surface area contributed by atoms with Crippen LogP contribution in [0.15, 0.2) is 42.5 Å². The van der Waals surface area contributed by atoms with Crippen LogP contribution in [0.1, 0.15) is 37.3 Å². The minimum absolute atomic E-state index is 0.300. The predicted octanol–water partition coefficient (Wildman–Crippen LogP) is 5.82. The van der Waals surface area contributed by atoms with Gasteiger partial charge < -0.3 is 5.32 Å². The third-order valence-electron chi connectivity index (χ3n) is 3.44. The minimum atomic E-state index is -0.300. The fraction of sp³-hybridized carbons (Fsp3) is 0.333. The molecule has 0 aliphatic heterocycles. The summed E-state index contributed by atoms with van der Waals surface area (Å²) in [6.45, 7) is 2.78. The third-order valence-corrected chi connectivity index (χ3v) is 3.66. The van der Waals surface area contributed by atoms with Crippen LogP contribution in [0.5, 0.6) is 0 Å². The van der Waals surface area contributed by atoms with Crippen LogP contribution in [0.25, 0.3) is 0 Å². The lowest BCUT2D eigenvalue weighted by Gasteiger charge is -2.08. The number of hydrogen-bond donors (Lipinski definition) is 1. The lowest BCUT2D eigenvalue weighted by atomic mass is 10.1. The Kier molecular flexibility index (Phi) is 6.06. The topological polar surface area (TPSA) is 12.0 Å². The number of aryl methyl sites for hydroxylation is 1. The van der Waals surface area contributed by atoms with Crippen LogP contribution in [0.4, 0.5) is 10.1 Å². The van der Waals surface area contributed by atoms with E-state index in [1.54, 1.807) is 6.07 Å². The van der Waals surface area contributed by atoms with E-state index in [9.17, 15) is 4.39 Å². The first-order valence-corrected chi connectivity index (χ1v) is 7.83. The largest absolute Gasteiger partial charge is 0.381 e. The quantitative estimate of drug-likeness (QED) is 0.635. The highest BCUT2D eigenvalue weighted by Crippen LogP contribution is 2.17. The molecule has 0 fully saturated rings. The van der Waals surface area contributed by atoms with E-state index < -0.39 is 0 Å². The average Bonchev–Trinajstić information content (AvgIpc) is 2.46. The van der Waals surface area contributed by atoms with E-state index in [1.807, 2.05) is 0 Å². The van der Waals surface area contributed by atoms with Crippen molar-refractivity contribution in [3.8, 4) is 0 Å². The molecule has 0 radical (unpaired) electrons. The molecular formula is C18H21ClFN. The van der Waals surface area contributed by atoms with E-state index in [2.05, 4.69) is 36.5 Å². The van der Waals surface area contributed by atoms with Gasteiger partial charge in [0.15, 0.2) is 0 Å². The second-order valence-corrected chi connectivity index (χ2v) is 5.72. The molecule has 0 aliphatic carbocycles. The minimum Gasteiger partial charge on any atom is -0.381 e. The van der Waals surface area contributed by atoms with Crippen molar-refractivity contribution in [1.82, 2.24) is 0 Å². The number of halogens is 2. The fourth-order valence-corrected chi connectivity index (χ4v) is 2.53. The van der Waals surface area contributed by atoms with Gasteiger partial charge in [-0.05, 0) is 54.3 Å². The van der Waals surface area contributed by atoms with E-state index in [0.717, 1.165) is 17.7 Å². The summed E-state index contributed by atoms with van der Waals surface area (Å²) in [4.78, 5) is 0. The zero-order valence-corrected chi connectivity index (χ0v) is 13.1.